The van der Waals surface area contributed by atoms with Crippen LogP contribution in [0, 0.1) is 0 Å². The molecule has 0 radical (unpaired) electrons. The van der Waals surface area contributed by atoms with Crippen molar-refractivity contribution in [2.45, 2.75) is 44.2 Å². The topological polar surface area (TPSA) is 134 Å². The van der Waals surface area contributed by atoms with Gasteiger partial charge in [0.1, 0.15) is 0 Å². The van der Waals surface area contributed by atoms with Crippen LogP contribution in [0.2, 0.25) is 0 Å². The fraction of sp³-hybridized carbons (Fsp3) is 0.364. The molecule has 1 aromatic heterocycles. The number of carboxylic acid groups (broad SMARTS) is 1. The number of hydrogen-bond acceptors (Lipinski definition) is 5. The average Bonchev–Trinajstić information content (AvgIpc) is 2.75. The van der Waals surface area contributed by atoms with Gasteiger partial charge >= 0.3 is 5.97 Å². The molecule has 160 valence electrons. The minimum Gasteiger partial charge on any atom is -0.481 e. The van der Waals surface area contributed by atoms with Crippen molar-refractivity contribution >= 4 is 17.8 Å². The Morgan fingerprint density at radius 2 is 1.77 bits per heavy atom. The molecule has 0 saturated heterocycles. The molecule has 0 aliphatic heterocycles. The van der Waals surface area contributed by atoms with E-state index in [0.29, 0.717) is 19.4 Å². The van der Waals surface area contributed by atoms with E-state index in [9.17, 15) is 14.4 Å². The smallest absolute Gasteiger partial charge is 0.303 e. The summed E-state index contributed by atoms with van der Waals surface area (Å²) in [5.74, 6) is -1.52. The molecule has 30 heavy (non-hydrogen) atoms. The van der Waals surface area contributed by atoms with E-state index in [2.05, 4.69) is 15.6 Å². The predicted octanol–water partition coefficient (Wildman–Crippen LogP) is 1.57. The average molecular weight is 412 g/mol. The van der Waals surface area contributed by atoms with Gasteiger partial charge in [-0.05, 0) is 30.5 Å². The van der Waals surface area contributed by atoms with Crippen molar-refractivity contribution in [3.8, 4) is 0 Å². The SMILES string of the molecule is NC(CCC(=O)O)C(=O)NCCCC(=O)NC(Cc1ccccn1)c1ccccc1. The van der Waals surface area contributed by atoms with Crippen molar-refractivity contribution in [3.05, 3.63) is 66.0 Å². The number of carbonyl (C=O) groups excluding carboxylic acids is 2. The first-order chi connectivity index (χ1) is 14.5. The second kappa shape index (κ2) is 12.3. The minimum absolute atomic E-state index is 0.0773. The zero-order valence-corrected chi connectivity index (χ0v) is 16.8. The molecule has 2 rings (SSSR count). The van der Waals surface area contributed by atoms with Crippen LogP contribution in [0.25, 0.3) is 0 Å². The molecule has 8 heteroatoms. The van der Waals surface area contributed by atoms with Crippen LogP contribution in [0.3, 0.4) is 0 Å². The molecule has 0 spiro atoms. The number of pyridine rings is 1. The maximum absolute atomic E-state index is 12.4. The highest BCUT2D eigenvalue weighted by Gasteiger charge is 2.17. The number of nitrogens with zero attached hydrogens (tertiary/aromatic N) is 1. The molecule has 5 N–H and O–H groups in total. The number of carboxylic acids is 1. The molecular formula is C22H28N4O4. The summed E-state index contributed by atoms with van der Waals surface area (Å²) in [4.78, 5) is 39.1. The molecule has 0 bridgehead atoms. The van der Waals surface area contributed by atoms with Crippen molar-refractivity contribution in [1.82, 2.24) is 15.6 Å². The third-order valence-corrected chi connectivity index (χ3v) is 4.56. The van der Waals surface area contributed by atoms with Gasteiger partial charge in [-0.3, -0.25) is 19.4 Å². The lowest BCUT2D eigenvalue weighted by Crippen LogP contribution is -2.41. The Hall–Kier alpha value is -3.26. The summed E-state index contributed by atoms with van der Waals surface area (Å²) in [6.07, 6.45) is 2.92. The van der Waals surface area contributed by atoms with E-state index in [1.807, 2.05) is 48.5 Å². The van der Waals surface area contributed by atoms with E-state index in [1.54, 1.807) is 6.20 Å². The lowest BCUT2D eigenvalue weighted by molar-refractivity contribution is -0.137. The maximum atomic E-state index is 12.4. The Balaban J connectivity index is 1.80. The quantitative estimate of drug-likeness (QED) is 0.391. The summed E-state index contributed by atoms with van der Waals surface area (Å²) in [5.41, 5.74) is 7.53. The molecule has 0 saturated carbocycles. The zero-order valence-electron chi connectivity index (χ0n) is 16.8. The number of rotatable bonds is 12. The highest BCUT2D eigenvalue weighted by atomic mass is 16.4. The monoisotopic (exact) mass is 412 g/mol. The standard InChI is InChI=1S/C22H28N4O4/c23-18(11-12-21(28)29)22(30)25-14-6-10-20(27)26-19(16-7-2-1-3-8-16)15-17-9-4-5-13-24-17/h1-5,7-9,13,18-19H,6,10-12,14-15,23H2,(H,25,30)(H,26,27)(H,28,29). The Kier molecular flexibility index (Phi) is 9.47. The fourth-order valence-electron chi connectivity index (χ4n) is 2.93. The number of aromatic nitrogens is 1. The molecule has 1 aromatic carbocycles. The lowest BCUT2D eigenvalue weighted by Gasteiger charge is -2.19. The lowest BCUT2D eigenvalue weighted by atomic mass is 10.0. The molecule has 0 fully saturated rings. The Morgan fingerprint density at radius 3 is 2.43 bits per heavy atom. The molecule has 2 aromatic rings. The van der Waals surface area contributed by atoms with Gasteiger partial charge in [0.25, 0.3) is 0 Å². The summed E-state index contributed by atoms with van der Waals surface area (Å²) in [5, 5.41) is 14.3. The summed E-state index contributed by atoms with van der Waals surface area (Å²) in [6.45, 7) is 0.295. The normalized spacial score (nSPS) is 12.6. The largest absolute Gasteiger partial charge is 0.481 e. The summed E-state index contributed by atoms with van der Waals surface area (Å²) in [7, 11) is 0. The summed E-state index contributed by atoms with van der Waals surface area (Å²) < 4.78 is 0. The number of hydrogen-bond donors (Lipinski definition) is 4. The van der Waals surface area contributed by atoms with Gasteiger partial charge in [-0.15, -0.1) is 0 Å². The number of nitrogens with one attached hydrogen (secondary N) is 2. The second-order valence-corrected chi connectivity index (χ2v) is 6.99. The Labute approximate surface area is 175 Å². The first kappa shape index (κ1) is 23.0. The van der Waals surface area contributed by atoms with Crippen molar-refractivity contribution in [1.29, 1.82) is 0 Å². The van der Waals surface area contributed by atoms with Crippen LogP contribution in [0.5, 0.6) is 0 Å². The van der Waals surface area contributed by atoms with Gasteiger partial charge in [-0.1, -0.05) is 36.4 Å². The van der Waals surface area contributed by atoms with Gasteiger partial charge < -0.3 is 21.5 Å². The van der Waals surface area contributed by atoms with Gasteiger partial charge in [0, 0.05) is 37.7 Å². The molecule has 8 nitrogen and oxygen atoms in total. The van der Waals surface area contributed by atoms with Crippen LogP contribution in [-0.4, -0.2) is 40.5 Å². The molecule has 0 aliphatic rings. The zero-order chi connectivity index (χ0) is 21.8. The first-order valence-corrected chi connectivity index (χ1v) is 9.95. The highest BCUT2D eigenvalue weighted by molar-refractivity contribution is 5.82. The van der Waals surface area contributed by atoms with Crippen molar-refractivity contribution in [2.75, 3.05) is 6.54 Å². The van der Waals surface area contributed by atoms with Gasteiger partial charge in [-0.2, -0.15) is 0 Å². The number of nitrogens with two attached hydrogens (primary N) is 1. The third kappa shape index (κ3) is 8.40. The van der Waals surface area contributed by atoms with Gasteiger partial charge in [0.2, 0.25) is 11.8 Å². The Bertz CT molecular complexity index is 814. The number of carbonyl (C=O) groups is 3. The van der Waals surface area contributed by atoms with E-state index >= 15 is 0 Å². The van der Waals surface area contributed by atoms with Crippen LogP contribution >= 0.6 is 0 Å². The van der Waals surface area contributed by atoms with Gasteiger partial charge in [0.15, 0.2) is 0 Å². The van der Waals surface area contributed by atoms with Crippen LogP contribution in [0.1, 0.15) is 43.0 Å². The molecular weight excluding hydrogens is 384 g/mol. The van der Waals surface area contributed by atoms with Crippen molar-refractivity contribution < 1.29 is 19.5 Å². The number of amides is 2. The van der Waals surface area contributed by atoms with Gasteiger partial charge in [0.05, 0.1) is 12.1 Å². The predicted molar refractivity (Wildman–Crippen MR) is 112 cm³/mol. The van der Waals surface area contributed by atoms with E-state index in [0.717, 1.165) is 11.3 Å². The molecule has 2 amide bonds. The Morgan fingerprint density at radius 1 is 1.03 bits per heavy atom. The molecule has 2 atom stereocenters. The van der Waals surface area contributed by atoms with Gasteiger partial charge in [-0.25, -0.2) is 0 Å². The van der Waals surface area contributed by atoms with Crippen LogP contribution in [0.15, 0.2) is 54.7 Å². The number of benzene rings is 1. The van der Waals surface area contributed by atoms with E-state index in [4.69, 9.17) is 10.8 Å². The minimum atomic E-state index is -0.992. The van der Waals surface area contributed by atoms with E-state index in [1.165, 1.54) is 0 Å². The van der Waals surface area contributed by atoms with Crippen LogP contribution in [0.4, 0.5) is 0 Å². The summed E-state index contributed by atoms with van der Waals surface area (Å²) >= 11 is 0. The molecule has 1 heterocycles. The van der Waals surface area contributed by atoms with Crippen molar-refractivity contribution in [2.24, 2.45) is 5.73 Å². The number of aliphatic carboxylic acids is 1. The maximum Gasteiger partial charge on any atom is 0.303 e. The highest BCUT2D eigenvalue weighted by Crippen LogP contribution is 2.17. The van der Waals surface area contributed by atoms with Crippen LogP contribution < -0.4 is 16.4 Å². The van der Waals surface area contributed by atoms with E-state index in [-0.39, 0.29) is 31.2 Å². The second-order valence-electron chi connectivity index (χ2n) is 6.99. The third-order valence-electron chi connectivity index (χ3n) is 4.56. The molecule has 0 aliphatic carbocycles. The first-order valence-electron chi connectivity index (χ1n) is 9.95. The van der Waals surface area contributed by atoms with E-state index < -0.39 is 17.9 Å². The van der Waals surface area contributed by atoms with Crippen LogP contribution in [-0.2, 0) is 20.8 Å². The summed E-state index contributed by atoms with van der Waals surface area (Å²) in [6, 6.07) is 14.3. The fourth-order valence-corrected chi connectivity index (χ4v) is 2.93. The van der Waals surface area contributed by atoms with Crippen molar-refractivity contribution in [3.63, 3.8) is 0 Å². The molecule has 2 unspecified atom stereocenters.